The molecular weight excluding hydrogens is 454 g/mol. The SMILES string of the molecule is O=C(Nc1ccccc1)C1CCN(C(=O)c2sccc2S(=O)(=O)N2CCSCC2)CC1. The second-order valence-corrected chi connectivity index (χ2v) is 11.6. The molecule has 31 heavy (non-hydrogen) atoms. The second-order valence-electron chi connectivity index (χ2n) is 7.55. The highest BCUT2D eigenvalue weighted by Gasteiger charge is 2.34. The number of hydrogen-bond donors (Lipinski definition) is 1. The third kappa shape index (κ3) is 4.97. The van der Waals surface area contributed by atoms with Gasteiger partial charge in [-0.05, 0) is 36.4 Å². The first-order chi connectivity index (χ1) is 15.0. The van der Waals surface area contributed by atoms with Crippen LogP contribution in [0.3, 0.4) is 0 Å². The van der Waals surface area contributed by atoms with Crippen LogP contribution in [-0.2, 0) is 14.8 Å². The molecule has 2 aliphatic heterocycles. The van der Waals surface area contributed by atoms with E-state index in [9.17, 15) is 18.0 Å². The lowest BCUT2D eigenvalue weighted by atomic mass is 9.95. The molecule has 7 nitrogen and oxygen atoms in total. The minimum Gasteiger partial charge on any atom is -0.338 e. The third-order valence-corrected chi connectivity index (χ3v) is 9.52. The molecule has 0 radical (unpaired) electrons. The molecule has 2 saturated heterocycles. The number of para-hydroxylation sites is 1. The number of sulfonamides is 1. The van der Waals surface area contributed by atoms with Gasteiger partial charge in [0.1, 0.15) is 9.77 Å². The fourth-order valence-corrected chi connectivity index (χ4v) is 7.77. The van der Waals surface area contributed by atoms with Crippen LogP contribution in [0.1, 0.15) is 22.5 Å². The van der Waals surface area contributed by atoms with Gasteiger partial charge in [-0.3, -0.25) is 9.59 Å². The number of carbonyl (C=O) groups excluding carboxylic acids is 2. The largest absolute Gasteiger partial charge is 0.338 e. The van der Waals surface area contributed by atoms with Gasteiger partial charge in [0.05, 0.1) is 0 Å². The van der Waals surface area contributed by atoms with Crippen LogP contribution in [0.5, 0.6) is 0 Å². The summed E-state index contributed by atoms with van der Waals surface area (Å²) < 4.78 is 27.6. The van der Waals surface area contributed by atoms with Crippen molar-refractivity contribution in [3.8, 4) is 0 Å². The Balaban J connectivity index is 1.39. The Labute approximate surface area is 190 Å². The van der Waals surface area contributed by atoms with E-state index in [-0.39, 0.29) is 27.5 Å². The summed E-state index contributed by atoms with van der Waals surface area (Å²) >= 11 is 2.91. The topological polar surface area (TPSA) is 86.8 Å². The van der Waals surface area contributed by atoms with Gasteiger partial charge < -0.3 is 10.2 Å². The van der Waals surface area contributed by atoms with Crippen LogP contribution >= 0.6 is 23.1 Å². The monoisotopic (exact) mass is 479 g/mol. The number of amides is 2. The zero-order valence-corrected chi connectivity index (χ0v) is 19.5. The van der Waals surface area contributed by atoms with Crippen molar-refractivity contribution in [1.29, 1.82) is 0 Å². The number of benzene rings is 1. The van der Waals surface area contributed by atoms with E-state index in [1.54, 1.807) is 22.0 Å². The normalized spacial score (nSPS) is 18.6. The van der Waals surface area contributed by atoms with Crippen molar-refractivity contribution in [2.75, 3.05) is 43.0 Å². The highest BCUT2D eigenvalue weighted by atomic mass is 32.2. The van der Waals surface area contributed by atoms with E-state index >= 15 is 0 Å². The molecule has 0 atom stereocenters. The van der Waals surface area contributed by atoms with Crippen molar-refractivity contribution in [1.82, 2.24) is 9.21 Å². The Morgan fingerprint density at radius 3 is 2.32 bits per heavy atom. The molecule has 0 bridgehead atoms. The van der Waals surface area contributed by atoms with E-state index < -0.39 is 10.0 Å². The summed E-state index contributed by atoms with van der Waals surface area (Å²) in [4.78, 5) is 27.7. The summed E-state index contributed by atoms with van der Waals surface area (Å²) in [5.41, 5.74) is 0.760. The predicted octanol–water partition coefficient (Wildman–Crippen LogP) is 2.98. The number of piperidine rings is 1. The van der Waals surface area contributed by atoms with Crippen molar-refractivity contribution in [2.45, 2.75) is 17.7 Å². The molecule has 3 heterocycles. The predicted molar refractivity (Wildman–Crippen MR) is 124 cm³/mol. The van der Waals surface area contributed by atoms with E-state index in [2.05, 4.69) is 5.32 Å². The molecule has 1 N–H and O–H groups in total. The lowest BCUT2D eigenvalue weighted by Gasteiger charge is -2.31. The number of nitrogens with one attached hydrogen (secondary N) is 1. The highest BCUT2D eigenvalue weighted by molar-refractivity contribution is 7.99. The van der Waals surface area contributed by atoms with Crippen LogP contribution in [0.15, 0.2) is 46.7 Å². The number of hydrogen-bond acceptors (Lipinski definition) is 6. The van der Waals surface area contributed by atoms with Gasteiger partial charge in [-0.25, -0.2) is 8.42 Å². The Morgan fingerprint density at radius 2 is 1.65 bits per heavy atom. The number of likely N-dealkylation sites (tertiary alicyclic amines) is 1. The van der Waals surface area contributed by atoms with Gasteiger partial charge in [-0.2, -0.15) is 16.1 Å². The fourth-order valence-electron chi connectivity index (χ4n) is 3.84. The minimum atomic E-state index is -3.67. The van der Waals surface area contributed by atoms with Crippen LogP contribution in [0.2, 0.25) is 0 Å². The van der Waals surface area contributed by atoms with Gasteiger partial charge >= 0.3 is 0 Å². The molecule has 2 fully saturated rings. The van der Waals surface area contributed by atoms with Crippen molar-refractivity contribution in [3.05, 3.63) is 46.7 Å². The molecule has 0 unspecified atom stereocenters. The quantitative estimate of drug-likeness (QED) is 0.713. The molecule has 4 rings (SSSR count). The first-order valence-corrected chi connectivity index (χ1v) is 13.7. The molecule has 0 aliphatic carbocycles. The lowest BCUT2D eigenvalue weighted by Crippen LogP contribution is -2.42. The molecule has 1 aromatic heterocycles. The highest BCUT2D eigenvalue weighted by Crippen LogP contribution is 2.30. The van der Waals surface area contributed by atoms with Crippen LogP contribution in [-0.4, -0.2) is 67.1 Å². The number of thioether (sulfide) groups is 1. The van der Waals surface area contributed by atoms with E-state index in [1.165, 1.54) is 21.7 Å². The average Bonchev–Trinajstić information content (AvgIpc) is 3.31. The van der Waals surface area contributed by atoms with Gasteiger partial charge in [0.2, 0.25) is 15.9 Å². The van der Waals surface area contributed by atoms with Gasteiger partial charge in [-0.1, -0.05) is 18.2 Å². The van der Waals surface area contributed by atoms with Crippen molar-refractivity contribution >= 4 is 50.6 Å². The maximum atomic E-state index is 13.1. The van der Waals surface area contributed by atoms with Crippen LogP contribution in [0, 0.1) is 5.92 Å². The van der Waals surface area contributed by atoms with Gasteiger partial charge in [0.15, 0.2) is 0 Å². The Bertz CT molecular complexity index is 1030. The van der Waals surface area contributed by atoms with Crippen molar-refractivity contribution in [2.24, 2.45) is 5.92 Å². The Kier molecular flexibility index (Phi) is 7.00. The number of anilines is 1. The number of nitrogens with zero attached hydrogens (tertiary/aromatic N) is 2. The number of carbonyl (C=O) groups is 2. The molecule has 2 aromatic rings. The van der Waals surface area contributed by atoms with E-state index in [0.717, 1.165) is 17.2 Å². The maximum absolute atomic E-state index is 13.1. The molecule has 10 heteroatoms. The minimum absolute atomic E-state index is 0.0411. The summed E-state index contributed by atoms with van der Waals surface area (Å²) in [6.07, 6.45) is 1.11. The number of thiophene rings is 1. The van der Waals surface area contributed by atoms with Gasteiger partial charge in [0, 0.05) is 49.3 Å². The molecular formula is C21H25N3O4S3. The summed E-state index contributed by atoms with van der Waals surface area (Å²) in [5, 5.41) is 4.59. The molecule has 166 valence electrons. The summed E-state index contributed by atoms with van der Waals surface area (Å²) in [7, 11) is -3.67. The first-order valence-electron chi connectivity index (χ1n) is 10.3. The van der Waals surface area contributed by atoms with Crippen LogP contribution < -0.4 is 5.32 Å². The van der Waals surface area contributed by atoms with E-state index in [4.69, 9.17) is 0 Å². The first kappa shape index (κ1) is 22.3. The summed E-state index contributed by atoms with van der Waals surface area (Å²) in [6.45, 7) is 1.81. The van der Waals surface area contributed by atoms with Crippen molar-refractivity contribution < 1.29 is 18.0 Å². The average molecular weight is 480 g/mol. The zero-order valence-electron chi connectivity index (χ0n) is 17.0. The zero-order chi connectivity index (χ0) is 21.8. The van der Waals surface area contributed by atoms with Gasteiger partial charge in [-0.15, -0.1) is 11.3 Å². The van der Waals surface area contributed by atoms with Crippen molar-refractivity contribution in [3.63, 3.8) is 0 Å². The Morgan fingerprint density at radius 1 is 0.968 bits per heavy atom. The molecule has 0 saturated carbocycles. The summed E-state index contributed by atoms with van der Waals surface area (Å²) in [6, 6.07) is 10.9. The summed E-state index contributed by atoms with van der Waals surface area (Å²) in [5.74, 6) is 1.07. The third-order valence-electron chi connectivity index (χ3n) is 5.61. The standard InChI is InChI=1S/C21H25N3O4S3/c25-20(22-17-4-2-1-3-5-17)16-6-9-23(10-7-16)21(26)19-18(8-13-30-19)31(27,28)24-11-14-29-15-12-24/h1-5,8,13,16H,6-7,9-12,14-15H2,(H,22,25). The number of rotatable bonds is 5. The van der Waals surface area contributed by atoms with Crippen LogP contribution in [0.25, 0.3) is 0 Å². The molecule has 2 aliphatic rings. The second kappa shape index (κ2) is 9.72. The molecule has 0 spiro atoms. The lowest BCUT2D eigenvalue weighted by molar-refractivity contribution is -0.121. The molecule has 1 aromatic carbocycles. The van der Waals surface area contributed by atoms with Crippen LogP contribution in [0.4, 0.5) is 5.69 Å². The maximum Gasteiger partial charge on any atom is 0.265 e. The van der Waals surface area contributed by atoms with E-state index in [1.807, 2.05) is 30.3 Å². The van der Waals surface area contributed by atoms with E-state index in [0.29, 0.717) is 39.0 Å². The fraction of sp³-hybridized carbons (Fsp3) is 0.429. The molecule has 2 amide bonds. The van der Waals surface area contributed by atoms with Gasteiger partial charge in [0.25, 0.3) is 5.91 Å². The Hall–Kier alpha value is -1.88. The smallest absolute Gasteiger partial charge is 0.265 e.